The summed E-state index contributed by atoms with van der Waals surface area (Å²) in [6, 6.07) is 4.80. The number of unbranched alkanes of at least 4 members (excludes halogenated alkanes) is 15. The van der Waals surface area contributed by atoms with Gasteiger partial charge in [0.15, 0.2) is 11.5 Å². The fourth-order valence-corrected chi connectivity index (χ4v) is 3.73. The standard InChI is InChI=1S/C27H46O3/c1-2-3-4-5-6-7-8-9-10-11-12-13-14-15-16-17-22-30-23-18-19-25-20-21-26(28)27(29)24-25/h18-21,24,28-29H,2-17,22-23H2,1H3/b19-18+. The molecule has 0 unspecified atom stereocenters. The molecule has 0 saturated carbocycles. The summed E-state index contributed by atoms with van der Waals surface area (Å²) < 4.78 is 5.63. The van der Waals surface area contributed by atoms with Crippen molar-refractivity contribution in [2.24, 2.45) is 0 Å². The number of phenolic OH excluding ortho intramolecular Hbond substituents is 2. The van der Waals surface area contributed by atoms with Crippen LogP contribution in [0.3, 0.4) is 0 Å². The Morgan fingerprint density at radius 1 is 0.667 bits per heavy atom. The first-order chi connectivity index (χ1) is 14.7. The largest absolute Gasteiger partial charge is 0.504 e. The van der Waals surface area contributed by atoms with Crippen LogP contribution in [-0.4, -0.2) is 23.4 Å². The molecule has 1 rings (SSSR count). The van der Waals surface area contributed by atoms with Crippen molar-refractivity contribution in [1.82, 2.24) is 0 Å². The van der Waals surface area contributed by atoms with E-state index in [-0.39, 0.29) is 11.5 Å². The third-order valence-electron chi connectivity index (χ3n) is 5.67. The first kappa shape index (κ1) is 26.6. The minimum Gasteiger partial charge on any atom is -0.504 e. The highest BCUT2D eigenvalue weighted by Crippen LogP contribution is 2.25. The maximum Gasteiger partial charge on any atom is 0.157 e. The average Bonchev–Trinajstić information content (AvgIpc) is 2.74. The van der Waals surface area contributed by atoms with E-state index in [1.165, 1.54) is 102 Å². The second kappa shape index (κ2) is 19.5. The molecule has 0 fully saturated rings. The maximum atomic E-state index is 9.45. The molecular formula is C27H46O3. The van der Waals surface area contributed by atoms with Gasteiger partial charge in [0.25, 0.3) is 0 Å². The Kier molecular flexibility index (Phi) is 17.2. The van der Waals surface area contributed by atoms with Crippen LogP contribution in [0.15, 0.2) is 24.3 Å². The molecular weight excluding hydrogens is 372 g/mol. The van der Waals surface area contributed by atoms with E-state index in [9.17, 15) is 10.2 Å². The van der Waals surface area contributed by atoms with Crippen LogP contribution < -0.4 is 0 Å². The van der Waals surface area contributed by atoms with Crippen molar-refractivity contribution in [2.45, 2.75) is 110 Å². The Hall–Kier alpha value is -1.48. The molecule has 0 saturated heterocycles. The smallest absolute Gasteiger partial charge is 0.157 e. The third-order valence-corrected chi connectivity index (χ3v) is 5.67. The van der Waals surface area contributed by atoms with Crippen molar-refractivity contribution in [2.75, 3.05) is 13.2 Å². The van der Waals surface area contributed by atoms with Gasteiger partial charge >= 0.3 is 0 Å². The van der Waals surface area contributed by atoms with Crippen LogP contribution in [0.25, 0.3) is 6.08 Å². The van der Waals surface area contributed by atoms with Gasteiger partial charge in [-0.25, -0.2) is 0 Å². The summed E-state index contributed by atoms with van der Waals surface area (Å²) in [6.07, 6.45) is 26.0. The van der Waals surface area contributed by atoms with Crippen LogP contribution in [0.5, 0.6) is 11.5 Å². The summed E-state index contributed by atoms with van der Waals surface area (Å²) >= 11 is 0. The van der Waals surface area contributed by atoms with E-state index in [4.69, 9.17) is 4.74 Å². The van der Waals surface area contributed by atoms with Gasteiger partial charge in [-0.2, -0.15) is 0 Å². The molecule has 172 valence electrons. The summed E-state index contributed by atoms with van der Waals surface area (Å²) in [6.45, 7) is 3.68. The summed E-state index contributed by atoms with van der Waals surface area (Å²) in [4.78, 5) is 0. The monoisotopic (exact) mass is 418 g/mol. The molecule has 0 spiro atoms. The molecule has 3 nitrogen and oxygen atoms in total. The van der Waals surface area contributed by atoms with Crippen LogP contribution in [0.2, 0.25) is 0 Å². The van der Waals surface area contributed by atoms with E-state index in [1.807, 2.05) is 12.2 Å². The molecule has 0 aliphatic heterocycles. The molecule has 0 aliphatic rings. The van der Waals surface area contributed by atoms with Crippen molar-refractivity contribution in [1.29, 1.82) is 0 Å². The molecule has 1 aromatic rings. The SMILES string of the molecule is CCCCCCCCCCCCCCCCCCOC/C=C/c1ccc(O)c(O)c1. The molecule has 0 aliphatic carbocycles. The Balaban J connectivity index is 1.77. The minimum atomic E-state index is -0.0914. The predicted molar refractivity (Wildman–Crippen MR) is 129 cm³/mol. The van der Waals surface area contributed by atoms with Gasteiger partial charge in [-0.15, -0.1) is 0 Å². The number of hydrogen-bond donors (Lipinski definition) is 2. The summed E-state index contributed by atoms with van der Waals surface area (Å²) in [5.41, 5.74) is 0.858. The fraction of sp³-hybridized carbons (Fsp3) is 0.704. The van der Waals surface area contributed by atoms with Gasteiger partial charge in [0.2, 0.25) is 0 Å². The molecule has 1 aromatic carbocycles. The lowest BCUT2D eigenvalue weighted by molar-refractivity contribution is 0.157. The zero-order valence-corrected chi connectivity index (χ0v) is 19.4. The number of benzene rings is 1. The van der Waals surface area contributed by atoms with E-state index in [2.05, 4.69) is 6.92 Å². The third kappa shape index (κ3) is 15.4. The van der Waals surface area contributed by atoms with E-state index in [0.29, 0.717) is 6.61 Å². The average molecular weight is 419 g/mol. The topological polar surface area (TPSA) is 49.7 Å². The summed E-state index contributed by atoms with van der Waals surface area (Å²) in [5.74, 6) is -0.182. The van der Waals surface area contributed by atoms with E-state index >= 15 is 0 Å². The Labute approximate surface area is 185 Å². The van der Waals surface area contributed by atoms with Gasteiger partial charge in [-0.3, -0.25) is 0 Å². The van der Waals surface area contributed by atoms with Crippen molar-refractivity contribution < 1.29 is 14.9 Å². The van der Waals surface area contributed by atoms with Crippen LogP contribution in [0.1, 0.15) is 115 Å². The first-order valence-electron chi connectivity index (χ1n) is 12.5. The zero-order valence-electron chi connectivity index (χ0n) is 19.4. The zero-order chi connectivity index (χ0) is 21.7. The number of rotatable bonds is 20. The maximum absolute atomic E-state index is 9.45. The number of ether oxygens (including phenoxy) is 1. The molecule has 2 N–H and O–H groups in total. The molecule has 0 aromatic heterocycles. The lowest BCUT2D eigenvalue weighted by Gasteiger charge is -2.04. The van der Waals surface area contributed by atoms with Gasteiger partial charge in [-0.1, -0.05) is 121 Å². The molecule has 0 heterocycles. The second-order valence-electron chi connectivity index (χ2n) is 8.53. The highest BCUT2D eigenvalue weighted by Gasteiger charge is 1.98. The van der Waals surface area contributed by atoms with Crippen molar-refractivity contribution in [3.05, 3.63) is 29.8 Å². The molecule has 0 amide bonds. The Bertz CT molecular complexity index is 539. The summed E-state index contributed by atoms with van der Waals surface area (Å²) in [7, 11) is 0. The number of hydrogen-bond acceptors (Lipinski definition) is 3. The molecule has 0 atom stereocenters. The lowest BCUT2D eigenvalue weighted by atomic mass is 10.0. The quantitative estimate of drug-likeness (QED) is 0.165. The van der Waals surface area contributed by atoms with Crippen LogP contribution in [0, 0.1) is 0 Å². The van der Waals surface area contributed by atoms with E-state index in [1.54, 1.807) is 12.1 Å². The van der Waals surface area contributed by atoms with Gasteiger partial charge in [0, 0.05) is 6.61 Å². The highest BCUT2D eigenvalue weighted by atomic mass is 16.5. The van der Waals surface area contributed by atoms with E-state index < -0.39 is 0 Å². The lowest BCUT2D eigenvalue weighted by Crippen LogP contribution is -1.94. The molecule has 0 radical (unpaired) electrons. The second-order valence-corrected chi connectivity index (χ2v) is 8.53. The van der Waals surface area contributed by atoms with Crippen molar-refractivity contribution >= 4 is 6.08 Å². The van der Waals surface area contributed by atoms with E-state index in [0.717, 1.165) is 18.6 Å². The van der Waals surface area contributed by atoms with Crippen LogP contribution in [0.4, 0.5) is 0 Å². The van der Waals surface area contributed by atoms with Gasteiger partial charge in [0.1, 0.15) is 0 Å². The van der Waals surface area contributed by atoms with Crippen molar-refractivity contribution in [3.8, 4) is 11.5 Å². The molecule has 3 heteroatoms. The number of aromatic hydroxyl groups is 2. The summed E-state index contributed by atoms with van der Waals surface area (Å²) in [5, 5.41) is 18.7. The molecule has 30 heavy (non-hydrogen) atoms. The van der Waals surface area contributed by atoms with Crippen molar-refractivity contribution in [3.63, 3.8) is 0 Å². The predicted octanol–water partition coefficient (Wildman–Crippen LogP) is 8.39. The van der Waals surface area contributed by atoms with Gasteiger partial charge < -0.3 is 14.9 Å². The van der Waals surface area contributed by atoms with Crippen LogP contribution in [-0.2, 0) is 4.74 Å². The fourth-order valence-electron chi connectivity index (χ4n) is 3.73. The van der Waals surface area contributed by atoms with Crippen LogP contribution >= 0.6 is 0 Å². The van der Waals surface area contributed by atoms with Gasteiger partial charge in [0.05, 0.1) is 6.61 Å². The first-order valence-corrected chi connectivity index (χ1v) is 12.5. The Morgan fingerprint density at radius 3 is 1.67 bits per heavy atom. The highest BCUT2D eigenvalue weighted by molar-refractivity contribution is 5.55. The normalized spacial score (nSPS) is 11.5. The minimum absolute atomic E-state index is 0.0908. The number of phenols is 2. The molecule has 0 bridgehead atoms. The Morgan fingerprint density at radius 2 is 1.17 bits per heavy atom. The van der Waals surface area contributed by atoms with Gasteiger partial charge in [-0.05, 0) is 24.1 Å².